The lowest BCUT2D eigenvalue weighted by Crippen LogP contribution is -2.47. The van der Waals surface area contributed by atoms with Crippen molar-refractivity contribution in [2.75, 3.05) is 44.4 Å². The molecule has 2 fully saturated rings. The molecule has 2 aliphatic heterocycles. The second kappa shape index (κ2) is 9.31. The molecule has 2 aromatic carbocycles. The van der Waals surface area contributed by atoms with E-state index in [0.717, 1.165) is 45.6 Å². The number of benzene rings is 2. The lowest BCUT2D eigenvalue weighted by atomic mass is 10.2. The van der Waals surface area contributed by atoms with Crippen molar-refractivity contribution in [3.63, 3.8) is 0 Å². The van der Waals surface area contributed by atoms with Gasteiger partial charge in [-0.15, -0.1) is 0 Å². The Morgan fingerprint density at radius 3 is 2.61 bits per heavy atom. The Morgan fingerprint density at radius 1 is 1.04 bits per heavy atom. The van der Waals surface area contributed by atoms with Gasteiger partial charge in [0.05, 0.1) is 5.69 Å². The molecule has 0 radical (unpaired) electrons. The molecule has 2 heterocycles. The van der Waals surface area contributed by atoms with Crippen LogP contribution in [0.1, 0.15) is 24.0 Å². The highest BCUT2D eigenvalue weighted by molar-refractivity contribution is 7.99. The van der Waals surface area contributed by atoms with Crippen LogP contribution in [0.4, 0.5) is 5.69 Å². The van der Waals surface area contributed by atoms with Crippen LogP contribution in [0.25, 0.3) is 0 Å². The highest BCUT2D eigenvalue weighted by Crippen LogP contribution is 2.37. The number of ether oxygens (including phenoxy) is 2. The number of anilines is 1. The molecule has 0 spiro atoms. The third kappa shape index (κ3) is 4.90. The van der Waals surface area contributed by atoms with Crippen LogP contribution in [0, 0.1) is 13.8 Å². The van der Waals surface area contributed by atoms with Crippen LogP contribution in [0.15, 0.2) is 52.3 Å². The maximum absolute atomic E-state index is 5.89. The highest BCUT2D eigenvalue weighted by atomic mass is 32.2. The molecule has 0 aliphatic carbocycles. The summed E-state index contributed by atoms with van der Waals surface area (Å²) >= 11 is 1.87. The predicted octanol–water partition coefficient (Wildman–Crippen LogP) is 4.69. The predicted molar refractivity (Wildman–Crippen MR) is 115 cm³/mol. The van der Waals surface area contributed by atoms with Gasteiger partial charge in [-0.1, -0.05) is 41.6 Å². The van der Waals surface area contributed by atoms with Gasteiger partial charge in [0.2, 0.25) is 0 Å². The monoisotopic (exact) mass is 398 g/mol. The molecule has 0 amide bonds. The van der Waals surface area contributed by atoms with Crippen LogP contribution >= 0.6 is 11.8 Å². The Kier molecular flexibility index (Phi) is 6.58. The minimum absolute atomic E-state index is 0.00732. The average molecular weight is 399 g/mol. The van der Waals surface area contributed by atoms with Gasteiger partial charge < -0.3 is 14.4 Å². The fourth-order valence-electron chi connectivity index (χ4n) is 3.82. The van der Waals surface area contributed by atoms with E-state index in [9.17, 15) is 0 Å². The number of piperazine rings is 1. The van der Waals surface area contributed by atoms with Crippen molar-refractivity contribution in [2.45, 2.75) is 42.8 Å². The van der Waals surface area contributed by atoms with Crippen molar-refractivity contribution in [1.82, 2.24) is 4.90 Å². The summed E-state index contributed by atoms with van der Waals surface area (Å²) in [5, 5.41) is 0. The summed E-state index contributed by atoms with van der Waals surface area (Å²) in [5.74, 6) is 0. The quantitative estimate of drug-likeness (QED) is 0.703. The topological polar surface area (TPSA) is 24.9 Å². The van der Waals surface area contributed by atoms with E-state index < -0.39 is 0 Å². The number of hydrogen-bond acceptors (Lipinski definition) is 5. The summed E-state index contributed by atoms with van der Waals surface area (Å²) in [6, 6.07) is 15.5. The largest absolute Gasteiger partial charge is 0.368 e. The summed E-state index contributed by atoms with van der Waals surface area (Å²) in [5.41, 5.74) is 4.00. The van der Waals surface area contributed by atoms with Gasteiger partial charge in [-0.2, -0.15) is 0 Å². The Balaban J connectivity index is 1.37. The molecule has 0 saturated carbocycles. The molecule has 1 atom stereocenters. The molecular weight excluding hydrogens is 368 g/mol. The van der Waals surface area contributed by atoms with Crippen molar-refractivity contribution in [2.24, 2.45) is 0 Å². The van der Waals surface area contributed by atoms with Gasteiger partial charge in [0.15, 0.2) is 6.29 Å². The summed E-state index contributed by atoms with van der Waals surface area (Å²) in [7, 11) is 0. The van der Waals surface area contributed by atoms with E-state index in [0.29, 0.717) is 6.73 Å². The minimum Gasteiger partial charge on any atom is -0.368 e. The second-order valence-corrected chi connectivity index (χ2v) is 8.77. The van der Waals surface area contributed by atoms with Crippen LogP contribution in [0.3, 0.4) is 0 Å². The lowest BCUT2D eigenvalue weighted by molar-refractivity contribution is -0.141. The van der Waals surface area contributed by atoms with E-state index in [2.05, 4.69) is 66.1 Å². The van der Waals surface area contributed by atoms with Crippen LogP contribution in [0.2, 0.25) is 0 Å². The van der Waals surface area contributed by atoms with Gasteiger partial charge in [0.1, 0.15) is 6.73 Å². The number of para-hydroxylation sites is 1. The van der Waals surface area contributed by atoms with Gasteiger partial charge in [-0.25, -0.2) is 0 Å². The zero-order valence-electron chi connectivity index (χ0n) is 16.9. The van der Waals surface area contributed by atoms with Gasteiger partial charge in [0.25, 0.3) is 0 Å². The molecule has 28 heavy (non-hydrogen) atoms. The van der Waals surface area contributed by atoms with Gasteiger partial charge >= 0.3 is 0 Å². The number of hydrogen-bond donors (Lipinski definition) is 0. The molecule has 4 rings (SSSR count). The highest BCUT2D eigenvalue weighted by Gasteiger charge is 2.22. The lowest BCUT2D eigenvalue weighted by Gasteiger charge is -2.37. The van der Waals surface area contributed by atoms with E-state index in [4.69, 9.17) is 9.47 Å². The van der Waals surface area contributed by atoms with E-state index in [1.807, 2.05) is 11.8 Å². The fraction of sp³-hybridized carbons (Fsp3) is 0.478. The Bertz CT molecular complexity index is 784. The van der Waals surface area contributed by atoms with Crippen molar-refractivity contribution >= 4 is 17.4 Å². The molecule has 0 aromatic heterocycles. The maximum atomic E-state index is 5.89. The molecule has 2 aliphatic rings. The standard InChI is InChI=1S/C23H30N2O2S/c1-18-9-10-21(19(2)16-18)28-22-7-4-3-6-20(22)25-13-11-24(12-14-25)17-27-23-8-5-15-26-23/h3-4,6-7,9-10,16,23H,5,8,11-15,17H2,1-2H3/t23-/m0/s1. The minimum atomic E-state index is 0.00732. The maximum Gasteiger partial charge on any atom is 0.159 e. The smallest absolute Gasteiger partial charge is 0.159 e. The average Bonchev–Trinajstić information content (AvgIpc) is 3.23. The van der Waals surface area contributed by atoms with Crippen molar-refractivity contribution in [1.29, 1.82) is 0 Å². The Hall–Kier alpha value is -1.53. The van der Waals surface area contributed by atoms with Crippen molar-refractivity contribution in [3.05, 3.63) is 53.6 Å². The summed E-state index contributed by atoms with van der Waals surface area (Å²) < 4.78 is 11.5. The van der Waals surface area contributed by atoms with Crippen LogP contribution < -0.4 is 4.90 Å². The zero-order valence-corrected chi connectivity index (χ0v) is 17.7. The first-order chi connectivity index (χ1) is 13.7. The third-order valence-electron chi connectivity index (χ3n) is 5.46. The van der Waals surface area contributed by atoms with Crippen molar-refractivity contribution in [3.8, 4) is 0 Å². The normalized spacial score (nSPS) is 20.6. The second-order valence-electron chi connectivity index (χ2n) is 7.68. The van der Waals surface area contributed by atoms with E-state index >= 15 is 0 Å². The SMILES string of the molecule is Cc1ccc(Sc2ccccc2N2CCN(CO[C@H]3CCCO3)CC2)c(C)c1. The number of rotatable bonds is 6. The Morgan fingerprint density at radius 2 is 1.86 bits per heavy atom. The zero-order chi connectivity index (χ0) is 19.3. The molecule has 5 heteroatoms. The van der Waals surface area contributed by atoms with E-state index in [1.54, 1.807) is 0 Å². The number of aryl methyl sites for hydroxylation is 2. The third-order valence-corrected chi connectivity index (χ3v) is 6.70. The summed E-state index contributed by atoms with van der Waals surface area (Å²) in [6.07, 6.45) is 2.16. The van der Waals surface area contributed by atoms with E-state index in [-0.39, 0.29) is 6.29 Å². The van der Waals surface area contributed by atoms with Gasteiger partial charge in [0, 0.05) is 49.0 Å². The van der Waals surface area contributed by atoms with Gasteiger partial charge in [-0.05, 0) is 44.0 Å². The molecular formula is C23H30N2O2S. The molecule has 4 nitrogen and oxygen atoms in total. The Labute approximate surface area is 172 Å². The fourth-order valence-corrected chi connectivity index (χ4v) is 4.86. The first kappa shape index (κ1) is 19.8. The molecule has 0 bridgehead atoms. The van der Waals surface area contributed by atoms with Crippen LogP contribution in [-0.4, -0.2) is 50.7 Å². The molecule has 0 unspecified atom stereocenters. The van der Waals surface area contributed by atoms with Crippen molar-refractivity contribution < 1.29 is 9.47 Å². The first-order valence-electron chi connectivity index (χ1n) is 10.2. The van der Waals surface area contributed by atoms with E-state index in [1.165, 1.54) is 26.6 Å². The molecule has 150 valence electrons. The number of nitrogens with zero attached hydrogens (tertiary/aromatic N) is 2. The van der Waals surface area contributed by atoms with Gasteiger partial charge in [-0.3, -0.25) is 4.90 Å². The van der Waals surface area contributed by atoms with Crippen LogP contribution in [0.5, 0.6) is 0 Å². The summed E-state index contributed by atoms with van der Waals surface area (Å²) in [6.45, 7) is 9.97. The molecule has 2 saturated heterocycles. The summed E-state index contributed by atoms with van der Waals surface area (Å²) in [4.78, 5) is 7.56. The first-order valence-corrected chi connectivity index (χ1v) is 11.1. The molecule has 2 aromatic rings. The molecule has 0 N–H and O–H groups in total. The van der Waals surface area contributed by atoms with Crippen LogP contribution in [-0.2, 0) is 9.47 Å².